The molecule has 0 aliphatic heterocycles. The number of hydrogen-bond donors (Lipinski definition) is 1. The monoisotopic (exact) mass is 366 g/mol. The quantitative estimate of drug-likeness (QED) is 0.818. The third-order valence-corrected chi connectivity index (χ3v) is 4.70. The van der Waals surface area contributed by atoms with Crippen molar-refractivity contribution in [2.45, 2.75) is 39.3 Å². The number of nitrogens with one attached hydrogen (secondary N) is 1. The highest BCUT2D eigenvalue weighted by Crippen LogP contribution is 2.28. The summed E-state index contributed by atoms with van der Waals surface area (Å²) in [5, 5.41) is 2.77. The van der Waals surface area contributed by atoms with E-state index in [-0.39, 0.29) is 24.4 Å². The molecule has 142 valence electrons. The summed E-state index contributed by atoms with van der Waals surface area (Å²) in [5.41, 5.74) is 3.71. The molecule has 0 spiro atoms. The van der Waals surface area contributed by atoms with Gasteiger partial charge in [0.05, 0.1) is 13.7 Å². The molecule has 0 bridgehead atoms. The smallest absolute Gasteiger partial charge is 0.251 e. The Hall–Kier alpha value is -2.82. The number of methoxy groups -OCH3 is 1. The molecule has 2 amide bonds. The average molecular weight is 366 g/mol. The average Bonchev–Trinajstić information content (AvgIpc) is 3.48. The first-order chi connectivity index (χ1) is 13.0. The first-order valence-electron chi connectivity index (χ1n) is 9.25. The van der Waals surface area contributed by atoms with Crippen molar-refractivity contribution in [1.29, 1.82) is 0 Å². The van der Waals surface area contributed by atoms with Gasteiger partial charge in [-0.05, 0) is 56.5 Å². The van der Waals surface area contributed by atoms with E-state index in [1.54, 1.807) is 7.11 Å². The van der Waals surface area contributed by atoms with Crippen LogP contribution in [0.1, 0.15) is 39.9 Å². The first kappa shape index (κ1) is 19.0. The van der Waals surface area contributed by atoms with Gasteiger partial charge in [0.25, 0.3) is 5.91 Å². The van der Waals surface area contributed by atoms with Crippen molar-refractivity contribution in [1.82, 2.24) is 10.2 Å². The lowest BCUT2D eigenvalue weighted by atomic mass is 10.1. The van der Waals surface area contributed by atoms with Crippen molar-refractivity contribution in [3.8, 4) is 5.75 Å². The van der Waals surface area contributed by atoms with Crippen LogP contribution >= 0.6 is 0 Å². The van der Waals surface area contributed by atoms with E-state index in [1.807, 2.05) is 61.2 Å². The minimum atomic E-state index is -0.213. The third kappa shape index (κ3) is 5.09. The summed E-state index contributed by atoms with van der Waals surface area (Å²) >= 11 is 0. The standard InChI is InChI=1S/C22H26N2O3/c1-15-10-16(2)12-18(11-15)22(26)23-13-21(25)24(19-6-7-19)14-17-4-8-20(27-3)9-5-17/h4-5,8-12,19H,6-7,13-14H2,1-3H3,(H,23,26). The summed E-state index contributed by atoms with van der Waals surface area (Å²) in [4.78, 5) is 27.0. The van der Waals surface area contributed by atoms with Crippen LogP contribution in [0.4, 0.5) is 0 Å². The maximum atomic E-state index is 12.7. The van der Waals surface area contributed by atoms with Crippen LogP contribution in [0, 0.1) is 13.8 Å². The first-order valence-corrected chi connectivity index (χ1v) is 9.25. The van der Waals surface area contributed by atoms with Crippen LogP contribution in [0.5, 0.6) is 5.75 Å². The van der Waals surface area contributed by atoms with Crippen LogP contribution in [-0.4, -0.2) is 36.4 Å². The number of carbonyl (C=O) groups excluding carboxylic acids is 2. The molecule has 1 aliphatic carbocycles. The summed E-state index contributed by atoms with van der Waals surface area (Å²) in [6.45, 7) is 4.47. The third-order valence-electron chi connectivity index (χ3n) is 4.70. The summed E-state index contributed by atoms with van der Waals surface area (Å²) < 4.78 is 5.18. The van der Waals surface area contributed by atoms with Gasteiger partial charge in [-0.2, -0.15) is 0 Å². The lowest BCUT2D eigenvalue weighted by Gasteiger charge is -2.23. The van der Waals surface area contributed by atoms with Gasteiger partial charge in [-0.3, -0.25) is 9.59 Å². The van der Waals surface area contributed by atoms with Crippen LogP contribution < -0.4 is 10.1 Å². The summed E-state index contributed by atoms with van der Waals surface area (Å²) in [6.07, 6.45) is 2.04. The second kappa shape index (κ2) is 8.25. The minimum absolute atomic E-state index is 0.0124. The highest BCUT2D eigenvalue weighted by Gasteiger charge is 2.32. The number of nitrogens with zero attached hydrogens (tertiary/aromatic N) is 1. The highest BCUT2D eigenvalue weighted by molar-refractivity contribution is 5.96. The van der Waals surface area contributed by atoms with Gasteiger partial charge in [-0.25, -0.2) is 0 Å². The van der Waals surface area contributed by atoms with Crippen LogP contribution in [0.3, 0.4) is 0 Å². The zero-order chi connectivity index (χ0) is 19.4. The Morgan fingerprint density at radius 2 is 1.70 bits per heavy atom. The number of benzene rings is 2. The number of amides is 2. The van der Waals surface area contributed by atoms with Gasteiger partial charge in [0.1, 0.15) is 5.75 Å². The molecule has 2 aromatic rings. The van der Waals surface area contributed by atoms with E-state index in [2.05, 4.69) is 5.32 Å². The van der Waals surface area contributed by atoms with E-state index in [1.165, 1.54) is 0 Å². The Balaban J connectivity index is 1.60. The second-order valence-electron chi connectivity index (χ2n) is 7.16. The van der Waals surface area contributed by atoms with Crippen molar-refractivity contribution in [3.05, 3.63) is 64.7 Å². The number of hydrogen-bond acceptors (Lipinski definition) is 3. The Morgan fingerprint density at radius 1 is 1.07 bits per heavy atom. The van der Waals surface area contributed by atoms with Gasteiger partial charge in [0.15, 0.2) is 0 Å². The Labute approximate surface area is 160 Å². The molecule has 0 aromatic heterocycles. The lowest BCUT2D eigenvalue weighted by molar-refractivity contribution is -0.131. The van der Waals surface area contributed by atoms with E-state index in [0.717, 1.165) is 35.3 Å². The molecule has 1 saturated carbocycles. The summed E-state index contributed by atoms with van der Waals surface area (Å²) in [6, 6.07) is 13.7. The molecule has 5 heteroatoms. The van der Waals surface area contributed by atoms with Crippen molar-refractivity contribution in [2.24, 2.45) is 0 Å². The van der Waals surface area contributed by atoms with Crippen LogP contribution in [0.25, 0.3) is 0 Å². The van der Waals surface area contributed by atoms with Crippen LogP contribution in [0.2, 0.25) is 0 Å². The Morgan fingerprint density at radius 3 is 2.26 bits per heavy atom. The van der Waals surface area contributed by atoms with Crippen molar-refractivity contribution in [2.75, 3.05) is 13.7 Å². The number of ether oxygens (including phenoxy) is 1. The normalized spacial score (nSPS) is 13.1. The molecule has 1 aliphatic rings. The van der Waals surface area contributed by atoms with Gasteiger partial charge in [0, 0.05) is 18.2 Å². The molecular weight excluding hydrogens is 340 g/mol. The van der Waals surface area contributed by atoms with Gasteiger partial charge >= 0.3 is 0 Å². The molecule has 3 rings (SSSR count). The molecule has 27 heavy (non-hydrogen) atoms. The van der Waals surface area contributed by atoms with Gasteiger partial charge in [-0.1, -0.05) is 29.3 Å². The fourth-order valence-corrected chi connectivity index (χ4v) is 3.20. The lowest BCUT2D eigenvalue weighted by Crippen LogP contribution is -2.41. The molecule has 5 nitrogen and oxygen atoms in total. The Kier molecular flexibility index (Phi) is 5.79. The van der Waals surface area contributed by atoms with E-state index in [9.17, 15) is 9.59 Å². The molecule has 1 N–H and O–H groups in total. The molecule has 0 radical (unpaired) electrons. The Bertz CT molecular complexity index is 806. The molecule has 1 fully saturated rings. The number of aryl methyl sites for hydroxylation is 2. The van der Waals surface area contributed by atoms with Crippen LogP contribution in [-0.2, 0) is 11.3 Å². The fraction of sp³-hybridized carbons (Fsp3) is 0.364. The van der Waals surface area contributed by atoms with Gasteiger partial charge in [0.2, 0.25) is 5.91 Å². The predicted octanol–water partition coefficient (Wildman–Crippen LogP) is 3.23. The molecule has 0 atom stereocenters. The van der Waals surface area contributed by atoms with Crippen molar-refractivity contribution >= 4 is 11.8 Å². The molecule has 0 unspecified atom stereocenters. The van der Waals surface area contributed by atoms with Crippen molar-refractivity contribution < 1.29 is 14.3 Å². The van der Waals surface area contributed by atoms with E-state index < -0.39 is 0 Å². The largest absolute Gasteiger partial charge is 0.497 e. The van der Waals surface area contributed by atoms with E-state index >= 15 is 0 Å². The highest BCUT2D eigenvalue weighted by atomic mass is 16.5. The molecular formula is C22H26N2O3. The topological polar surface area (TPSA) is 58.6 Å². The van der Waals surface area contributed by atoms with Gasteiger partial charge in [-0.15, -0.1) is 0 Å². The maximum absolute atomic E-state index is 12.7. The predicted molar refractivity (Wildman–Crippen MR) is 105 cm³/mol. The number of rotatable bonds is 7. The fourth-order valence-electron chi connectivity index (χ4n) is 3.20. The maximum Gasteiger partial charge on any atom is 0.251 e. The number of carbonyl (C=O) groups is 2. The molecule has 0 heterocycles. The zero-order valence-electron chi connectivity index (χ0n) is 16.1. The SMILES string of the molecule is COc1ccc(CN(C(=O)CNC(=O)c2cc(C)cc(C)c2)C2CC2)cc1. The molecule has 0 saturated heterocycles. The zero-order valence-corrected chi connectivity index (χ0v) is 16.1. The summed E-state index contributed by atoms with van der Waals surface area (Å²) in [7, 11) is 1.63. The second-order valence-corrected chi connectivity index (χ2v) is 7.16. The van der Waals surface area contributed by atoms with E-state index in [4.69, 9.17) is 4.74 Å². The van der Waals surface area contributed by atoms with Gasteiger partial charge < -0.3 is 15.0 Å². The van der Waals surface area contributed by atoms with Crippen molar-refractivity contribution in [3.63, 3.8) is 0 Å². The van der Waals surface area contributed by atoms with E-state index in [0.29, 0.717) is 12.1 Å². The minimum Gasteiger partial charge on any atom is -0.497 e. The molecule has 2 aromatic carbocycles. The summed E-state index contributed by atoms with van der Waals surface area (Å²) in [5.74, 6) is 0.533. The van der Waals surface area contributed by atoms with Crippen LogP contribution in [0.15, 0.2) is 42.5 Å².